The van der Waals surface area contributed by atoms with E-state index in [0.717, 1.165) is 0 Å². The first-order chi connectivity index (χ1) is 9.08. The van der Waals surface area contributed by atoms with Crippen molar-refractivity contribution >= 4 is 11.6 Å². The Hall–Kier alpha value is -2.30. The van der Waals surface area contributed by atoms with Crippen molar-refractivity contribution in [1.82, 2.24) is 9.88 Å². The summed E-state index contributed by atoms with van der Waals surface area (Å²) >= 11 is 0. The van der Waals surface area contributed by atoms with Gasteiger partial charge in [-0.2, -0.15) is 0 Å². The lowest BCUT2D eigenvalue weighted by atomic mass is 10.1. The first-order valence-corrected chi connectivity index (χ1v) is 6.01. The second kappa shape index (κ2) is 5.56. The Kier molecular flexibility index (Phi) is 3.85. The molecule has 2 aromatic rings. The quantitative estimate of drug-likeness (QED) is 0.880. The number of nitrogens with zero attached hydrogens (tertiary/aromatic N) is 1. The number of benzene rings is 1. The molecule has 1 aromatic carbocycles. The summed E-state index contributed by atoms with van der Waals surface area (Å²) in [4.78, 5) is 11.9. The Labute approximate surface area is 111 Å². The van der Waals surface area contributed by atoms with Gasteiger partial charge in [0, 0.05) is 19.8 Å². The maximum Gasteiger partial charge on any atom is 0.267 e. The van der Waals surface area contributed by atoms with E-state index in [9.17, 15) is 9.18 Å². The average molecular weight is 261 g/mol. The van der Waals surface area contributed by atoms with Crippen LogP contribution in [0.4, 0.5) is 10.1 Å². The monoisotopic (exact) mass is 261 g/mol. The number of amides is 1. The molecule has 1 amide bonds. The van der Waals surface area contributed by atoms with Crippen LogP contribution < -0.4 is 11.1 Å². The number of carbonyl (C=O) groups excluding carboxylic acids is 1. The molecule has 19 heavy (non-hydrogen) atoms. The van der Waals surface area contributed by atoms with E-state index in [1.54, 1.807) is 42.1 Å². The van der Waals surface area contributed by atoms with Crippen LogP contribution in [0.1, 0.15) is 16.1 Å². The molecule has 0 aliphatic heterocycles. The minimum absolute atomic E-state index is 0.212. The molecule has 0 saturated carbocycles. The number of nitrogen functional groups attached to an aromatic ring is 1. The number of hydrogen-bond donors (Lipinski definition) is 2. The summed E-state index contributed by atoms with van der Waals surface area (Å²) in [5, 5.41) is 2.75. The molecule has 1 aromatic heterocycles. The Morgan fingerprint density at radius 2 is 2.16 bits per heavy atom. The van der Waals surface area contributed by atoms with Crippen LogP contribution in [-0.2, 0) is 13.5 Å². The fraction of sp³-hybridized carbons (Fsp3) is 0.214. The molecule has 4 nitrogen and oxygen atoms in total. The van der Waals surface area contributed by atoms with E-state index in [2.05, 4.69) is 5.32 Å². The summed E-state index contributed by atoms with van der Waals surface area (Å²) in [6, 6.07) is 8.15. The Balaban J connectivity index is 1.91. The van der Waals surface area contributed by atoms with Gasteiger partial charge in [-0.3, -0.25) is 4.79 Å². The first-order valence-electron chi connectivity index (χ1n) is 6.01. The molecule has 1 heterocycles. The summed E-state index contributed by atoms with van der Waals surface area (Å²) in [7, 11) is 1.75. The van der Waals surface area contributed by atoms with Gasteiger partial charge in [0.25, 0.3) is 5.91 Å². The zero-order chi connectivity index (χ0) is 13.8. The molecule has 3 N–H and O–H groups in total. The lowest BCUT2D eigenvalue weighted by Gasteiger charge is -2.06. The Morgan fingerprint density at radius 1 is 1.42 bits per heavy atom. The molecule has 0 radical (unpaired) electrons. The molecule has 2 rings (SSSR count). The number of anilines is 1. The lowest BCUT2D eigenvalue weighted by Crippen LogP contribution is -2.27. The van der Waals surface area contributed by atoms with Crippen LogP contribution >= 0.6 is 0 Å². The third-order valence-electron chi connectivity index (χ3n) is 2.90. The standard InChI is InChI=1S/C14H16FN3O/c1-18-9-11(16)8-13(18)14(19)17-7-6-10-4-2-3-5-12(10)15/h2-5,8-9H,6-7,16H2,1H3,(H,17,19). The number of halogens is 1. The fourth-order valence-electron chi connectivity index (χ4n) is 1.92. The van der Waals surface area contributed by atoms with E-state index in [-0.39, 0.29) is 11.7 Å². The third-order valence-corrected chi connectivity index (χ3v) is 2.90. The van der Waals surface area contributed by atoms with Crippen LogP contribution in [0.5, 0.6) is 0 Å². The molecule has 0 saturated heterocycles. The summed E-state index contributed by atoms with van der Waals surface area (Å²) in [6.07, 6.45) is 2.13. The van der Waals surface area contributed by atoms with Crippen molar-refractivity contribution in [3.05, 3.63) is 53.6 Å². The van der Waals surface area contributed by atoms with Gasteiger partial charge in [-0.15, -0.1) is 0 Å². The minimum atomic E-state index is -0.250. The molecule has 5 heteroatoms. The molecule has 100 valence electrons. The van der Waals surface area contributed by atoms with Crippen LogP contribution in [0.15, 0.2) is 36.5 Å². The van der Waals surface area contributed by atoms with E-state index < -0.39 is 0 Å². The van der Waals surface area contributed by atoms with E-state index in [0.29, 0.717) is 29.9 Å². The van der Waals surface area contributed by atoms with Gasteiger partial charge in [0.1, 0.15) is 11.5 Å². The van der Waals surface area contributed by atoms with E-state index in [1.165, 1.54) is 6.07 Å². The van der Waals surface area contributed by atoms with Gasteiger partial charge in [0.15, 0.2) is 0 Å². The topological polar surface area (TPSA) is 60.0 Å². The predicted molar refractivity (Wildman–Crippen MR) is 72.3 cm³/mol. The molecule has 0 bridgehead atoms. The number of carbonyl (C=O) groups is 1. The van der Waals surface area contributed by atoms with Crippen molar-refractivity contribution in [3.63, 3.8) is 0 Å². The number of hydrogen-bond acceptors (Lipinski definition) is 2. The number of nitrogens with two attached hydrogens (primary N) is 1. The number of aromatic nitrogens is 1. The largest absolute Gasteiger partial charge is 0.397 e. The summed E-state index contributed by atoms with van der Waals surface area (Å²) in [5.74, 6) is -0.463. The molecular formula is C14H16FN3O. The van der Waals surface area contributed by atoms with Crippen LogP contribution in [0.25, 0.3) is 0 Å². The smallest absolute Gasteiger partial charge is 0.267 e. The molecule has 0 aliphatic rings. The van der Waals surface area contributed by atoms with Crippen molar-refractivity contribution in [1.29, 1.82) is 0 Å². The maximum atomic E-state index is 13.4. The molecule has 0 unspecified atom stereocenters. The molecule has 0 fully saturated rings. The van der Waals surface area contributed by atoms with Gasteiger partial charge in [-0.05, 0) is 24.1 Å². The normalized spacial score (nSPS) is 10.4. The highest BCUT2D eigenvalue weighted by Crippen LogP contribution is 2.09. The van der Waals surface area contributed by atoms with E-state index >= 15 is 0 Å². The highest BCUT2D eigenvalue weighted by molar-refractivity contribution is 5.93. The van der Waals surface area contributed by atoms with Gasteiger partial charge >= 0.3 is 0 Å². The molecule has 0 atom stereocenters. The van der Waals surface area contributed by atoms with Gasteiger partial charge in [0.05, 0.1) is 5.69 Å². The third kappa shape index (κ3) is 3.13. The van der Waals surface area contributed by atoms with E-state index in [1.807, 2.05) is 0 Å². The van der Waals surface area contributed by atoms with Crippen LogP contribution in [-0.4, -0.2) is 17.0 Å². The van der Waals surface area contributed by atoms with Gasteiger partial charge in [-0.1, -0.05) is 18.2 Å². The zero-order valence-electron chi connectivity index (χ0n) is 10.7. The van der Waals surface area contributed by atoms with Crippen molar-refractivity contribution < 1.29 is 9.18 Å². The minimum Gasteiger partial charge on any atom is -0.397 e. The molecule has 0 spiro atoms. The van der Waals surface area contributed by atoms with Crippen molar-refractivity contribution in [2.24, 2.45) is 7.05 Å². The summed E-state index contributed by atoms with van der Waals surface area (Å²) in [6.45, 7) is 0.380. The zero-order valence-corrected chi connectivity index (χ0v) is 10.7. The Morgan fingerprint density at radius 3 is 2.79 bits per heavy atom. The van der Waals surface area contributed by atoms with Crippen LogP contribution in [0, 0.1) is 5.82 Å². The highest BCUT2D eigenvalue weighted by Gasteiger charge is 2.10. The second-order valence-electron chi connectivity index (χ2n) is 4.37. The van der Waals surface area contributed by atoms with Gasteiger partial charge < -0.3 is 15.6 Å². The summed E-state index contributed by atoms with van der Waals surface area (Å²) in [5.41, 5.74) is 7.23. The second-order valence-corrected chi connectivity index (χ2v) is 4.37. The molecule has 0 aliphatic carbocycles. The average Bonchev–Trinajstić information content (AvgIpc) is 2.71. The number of rotatable bonds is 4. The van der Waals surface area contributed by atoms with Gasteiger partial charge in [-0.25, -0.2) is 4.39 Å². The lowest BCUT2D eigenvalue weighted by molar-refractivity contribution is 0.0946. The predicted octanol–water partition coefficient (Wildman–Crippen LogP) is 1.72. The SMILES string of the molecule is Cn1cc(N)cc1C(=O)NCCc1ccccc1F. The van der Waals surface area contributed by atoms with Crippen LogP contribution in [0.2, 0.25) is 0 Å². The first kappa shape index (κ1) is 13.1. The highest BCUT2D eigenvalue weighted by atomic mass is 19.1. The maximum absolute atomic E-state index is 13.4. The van der Waals surface area contributed by atoms with Gasteiger partial charge in [0.2, 0.25) is 0 Å². The van der Waals surface area contributed by atoms with Crippen LogP contribution in [0.3, 0.4) is 0 Å². The van der Waals surface area contributed by atoms with Crippen molar-refractivity contribution in [3.8, 4) is 0 Å². The molecular weight excluding hydrogens is 245 g/mol. The van der Waals surface area contributed by atoms with E-state index in [4.69, 9.17) is 5.73 Å². The van der Waals surface area contributed by atoms with Crippen molar-refractivity contribution in [2.75, 3.05) is 12.3 Å². The fourth-order valence-corrected chi connectivity index (χ4v) is 1.92. The summed E-state index contributed by atoms with van der Waals surface area (Å²) < 4.78 is 15.0. The number of aryl methyl sites for hydroxylation is 1. The Bertz CT molecular complexity index is 592. The van der Waals surface area contributed by atoms with Crippen molar-refractivity contribution in [2.45, 2.75) is 6.42 Å². The number of nitrogens with one attached hydrogen (secondary N) is 1.